The first kappa shape index (κ1) is 20.0. The Bertz CT molecular complexity index is 1180. The minimum atomic E-state index is -0.631. The van der Waals surface area contributed by atoms with Crippen molar-refractivity contribution in [2.24, 2.45) is 5.92 Å². The van der Waals surface area contributed by atoms with Crippen LogP contribution in [0, 0.1) is 5.92 Å². The summed E-state index contributed by atoms with van der Waals surface area (Å²) < 4.78 is 5.49. The fourth-order valence-corrected chi connectivity index (χ4v) is 6.62. The molecule has 0 amide bonds. The van der Waals surface area contributed by atoms with Crippen LogP contribution in [0.15, 0.2) is 82.4 Å². The molecule has 5 aliphatic rings. The maximum absolute atomic E-state index is 10.4. The molecule has 4 atom stereocenters. The number of allylic oxidation sites excluding steroid dienone is 10. The molecular weight excluding hydrogens is 416 g/mol. The second-order valence-corrected chi connectivity index (χ2v) is 10.1. The summed E-state index contributed by atoms with van der Waals surface area (Å²) in [5, 5.41) is 10.9. The van der Waals surface area contributed by atoms with E-state index < -0.39 is 6.10 Å². The highest BCUT2D eigenvalue weighted by molar-refractivity contribution is 8.04. The first-order valence-electron chi connectivity index (χ1n) is 11.3. The Balaban J connectivity index is 1.36. The summed E-state index contributed by atoms with van der Waals surface area (Å²) in [7, 11) is 1.63. The lowest BCUT2D eigenvalue weighted by molar-refractivity contribution is 0.202. The number of hydrogen-bond acceptors (Lipinski definition) is 5. The van der Waals surface area contributed by atoms with Crippen molar-refractivity contribution in [1.29, 1.82) is 0 Å². The molecule has 1 aromatic rings. The van der Waals surface area contributed by atoms with E-state index in [0.717, 1.165) is 24.1 Å². The van der Waals surface area contributed by atoms with E-state index in [1.807, 2.05) is 36.1 Å². The van der Waals surface area contributed by atoms with Crippen molar-refractivity contribution in [2.45, 2.75) is 43.0 Å². The number of aliphatic hydroxyl groups is 1. The Hall–Kier alpha value is -2.63. The van der Waals surface area contributed by atoms with Crippen molar-refractivity contribution in [3.05, 3.63) is 93.9 Å². The molecule has 0 fully saturated rings. The average molecular weight is 443 g/mol. The molecule has 0 radical (unpaired) electrons. The summed E-state index contributed by atoms with van der Waals surface area (Å²) in [5.74, 6) is 1.41. The maximum Gasteiger partial charge on any atom is 0.216 e. The smallest absolute Gasteiger partial charge is 0.216 e. The van der Waals surface area contributed by atoms with Crippen molar-refractivity contribution in [3.8, 4) is 5.88 Å². The zero-order valence-electron chi connectivity index (χ0n) is 18.1. The molecule has 4 nitrogen and oxygen atoms in total. The lowest BCUT2D eigenvalue weighted by atomic mass is 9.78. The van der Waals surface area contributed by atoms with Gasteiger partial charge in [0.05, 0.1) is 24.8 Å². The quantitative estimate of drug-likeness (QED) is 0.632. The molecule has 32 heavy (non-hydrogen) atoms. The number of aliphatic hydroxyl groups excluding tert-OH is 1. The number of nitrogens with zero attached hydrogens (tertiary/aromatic N) is 2. The van der Waals surface area contributed by atoms with Gasteiger partial charge in [-0.1, -0.05) is 48.1 Å². The number of hydrogen-bond donors (Lipinski definition) is 1. The van der Waals surface area contributed by atoms with Gasteiger partial charge in [0.2, 0.25) is 5.88 Å². The lowest BCUT2D eigenvalue weighted by Gasteiger charge is -2.26. The Labute approximate surface area is 192 Å². The molecule has 0 bridgehead atoms. The van der Waals surface area contributed by atoms with E-state index in [4.69, 9.17) is 9.72 Å². The number of ether oxygens (including phenoxy) is 1. The van der Waals surface area contributed by atoms with Gasteiger partial charge in [0.1, 0.15) is 5.82 Å². The highest BCUT2D eigenvalue weighted by Gasteiger charge is 2.35. The van der Waals surface area contributed by atoms with Crippen LogP contribution in [0.3, 0.4) is 0 Å². The second kappa shape index (κ2) is 8.05. The molecule has 0 saturated heterocycles. The predicted octanol–water partition coefficient (Wildman–Crippen LogP) is 5.44. The van der Waals surface area contributed by atoms with Gasteiger partial charge in [-0.05, 0) is 54.6 Å². The van der Waals surface area contributed by atoms with Gasteiger partial charge in [-0.3, -0.25) is 0 Å². The van der Waals surface area contributed by atoms with Crippen LogP contribution < -0.4 is 4.74 Å². The largest absolute Gasteiger partial charge is 0.481 e. The normalized spacial score (nSPS) is 30.2. The standard InChI is InChI=1S/C27H26N2O2S/c1-31-26-15-22(28-27(29-26)19-8-4-5-9-23(19)30)18-10-11-24-20(13-18)21-12-16-6-2-3-7-17(16)14-25(21)32-24/h2,4-6,8-10,13-16,19,23-24,30H,3,7,11-12H2,1H3. The number of methoxy groups -OCH3 is 1. The van der Waals surface area contributed by atoms with Gasteiger partial charge in [0.25, 0.3) is 0 Å². The number of aromatic nitrogens is 2. The van der Waals surface area contributed by atoms with Gasteiger partial charge in [-0.15, -0.1) is 11.8 Å². The van der Waals surface area contributed by atoms with Crippen LogP contribution in [-0.2, 0) is 0 Å². The van der Waals surface area contributed by atoms with Crippen LogP contribution in [0.4, 0.5) is 0 Å². The van der Waals surface area contributed by atoms with Crippen molar-refractivity contribution in [3.63, 3.8) is 0 Å². The van der Waals surface area contributed by atoms with E-state index in [1.54, 1.807) is 18.8 Å². The third kappa shape index (κ3) is 3.44. The summed E-state index contributed by atoms with van der Waals surface area (Å²) >= 11 is 2.02. The molecule has 162 valence electrons. The lowest BCUT2D eigenvalue weighted by Crippen LogP contribution is -2.19. The van der Waals surface area contributed by atoms with Gasteiger partial charge in [0, 0.05) is 22.1 Å². The van der Waals surface area contributed by atoms with Gasteiger partial charge in [-0.25, -0.2) is 4.98 Å². The van der Waals surface area contributed by atoms with E-state index in [9.17, 15) is 5.11 Å². The third-order valence-corrected chi connectivity index (χ3v) is 8.29. The first-order valence-corrected chi connectivity index (χ1v) is 12.2. The first-order chi connectivity index (χ1) is 15.7. The number of fused-ring (bicyclic) bond motifs is 3. The van der Waals surface area contributed by atoms with E-state index in [2.05, 4.69) is 35.4 Å². The summed E-state index contributed by atoms with van der Waals surface area (Å²) in [6.45, 7) is 0. The molecule has 2 heterocycles. The minimum Gasteiger partial charge on any atom is -0.481 e. The van der Waals surface area contributed by atoms with Gasteiger partial charge >= 0.3 is 0 Å². The van der Waals surface area contributed by atoms with Gasteiger partial charge in [0.15, 0.2) is 0 Å². The van der Waals surface area contributed by atoms with E-state index in [0.29, 0.717) is 22.9 Å². The fraction of sp³-hybridized carbons (Fsp3) is 0.333. The topological polar surface area (TPSA) is 55.2 Å². The van der Waals surface area contributed by atoms with Crippen LogP contribution in [0.5, 0.6) is 5.88 Å². The summed E-state index contributed by atoms with van der Waals surface area (Å²) in [6.07, 6.45) is 23.2. The second-order valence-electron chi connectivity index (χ2n) is 8.88. The Morgan fingerprint density at radius 1 is 1.12 bits per heavy atom. The van der Waals surface area contributed by atoms with Crippen molar-refractivity contribution < 1.29 is 9.84 Å². The monoisotopic (exact) mass is 442 g/mol. The Kier molecular flexibility index (Phi) is 5.04. The highest BCUT2D eigenvalue weighted by Crippen LogP contribution is 2.53. The van der Waals surface area contributed by atoms with Crippen LogP contribution >= 0.6 is 11.8 Å². The van der Waals surface area contributed by atoms with E-state index >= 15 is 0 Å². The molecule has 4 aliphatic carbocycles. The molecule has 1 N–H and O–H groups in total. The van der Waals surface area contributed by atoms with Gasteiger partial charge in [-0.2, -0.15) is 4.98 Å². The molecule has 0 saturated carbocycles. The maximum atomic E-state index is 10.4. The SMILES string of the molecule is COc1cc(C2=CCC3SC4=C(CC5C=CCCC5=C4)C3=C2)nc(C2C=CC=CC2O)n1. The molecule has 1 aliphatic heterocycles. The van der Waals surface area contributed by atoms with Crippen LogP contribution in [0.25, 0.3) is 5.57 Å². The molecule has 0 aromatic carbocycles. The third-order valence-electron chi connectivity index (χ3n) is 6.94. The van der Waals surface area contributed by atoms with E-state index in [1.165, 1.54) is 28.9 Å². The molecule has 0 spiro atoms. The Morgan fingerprint density at radius 3 is 2.91 bits per heavy atom. The Morgan fingerprint density at radius 2 is 2.03 bits per heavy atom. The molecular formula is C27H26N2O2S. The number of rotatable bonds is 3. The molecule has 1 aromatic heterocycles. The van der Waals surface area contributed by atoms with Crippen molar-refractivity contribution in [1.82, 2.24) is 9.97 Å². The average Bonchev–Trinajstić information content (AvgIpc) is 3.19. The van der Waals surface area contributed by atoms with Crippen molar-refractivity contribution in [2.75, 3.05) is 7.11 Å². The summed E-state index contributed by atoms with van der Waals surface area (Å²) in [4.78, 5) is 10.9. The molecule has 4 unspecified atom stereocenters. The predicted molar refractivity (Wildman–Crippen MR) is 129 cm³/mol. The van der Waals surface area contributed by atoms with Crippen molar-refractivity contribution >= 4 is 17.3 Å². The van der Waals surface area contributed by atoms with E-state index in [-0.39, 0.29) is 5.92 Å². The summed E-state index contributed by atoms with van der Waals surface area (Å²) in [5.41, 5.74) is 6.55. The summed E-state index contributed by atoms with van der Waals surface area (Å²) in [6, 6.07) is 1.90. The van der Waals surface area contributed by atoms with Gasteiger partial charge < -0.3 is 9.84 Å². The number of thioether (sulfide) groups is 1. The zero-order valence-corrected chi connectivity index (χ0v) is 18.9. The molecule has 6 rings (SSSR count). The fourth-order valence-electron chi connectivity index (χ4n) is 5.22. The minimum absolute atomic E-state index is 0.269. The molecule has 5 heteroatoms. The van der Waals surface area contributed by atoms with Crippen LogP contribution in [-0.4, -0.2) is 33.5 Å². The van der Waals surface area contributed by atoms with Crippen LogP contribution in [0.1, 0.15) is 43.1 Å². The zero-order chi connectivity index (χ0) is 21.7. The van der Waals surface area contributed by atoms with Crippen LogP contribution in [0.2, 0.25) is 0 Å². The highest BCUT2D eigenvalue weighted by atomic mass is 32.2.